The quantitative estimate of drug-likeness (QED) is 0.558. The highest BCUT2D eigenvalue weighted by Crippen LogP contribution is 2.19. The van der Waals surface area contributed by atoms with Gasteiger partial charge in [-0.05, 0) is 38.1 Å². The Kier molecular flexibility index (Phi) is 3.59. The van der Waals surface area contributed by atoms with Gasteiger partial charge in [-0.15, -0.1) is 10.2 Å². The number of para-hydroxylation sites is 1. The molecule has 7 heteroatoms. The molecule has 7 nitrogen and oxygen atoms in total. The van der Waals surface area contributed by atoms with Crippen LogP contribution in [0.5, 0.6) is 0 Å². The van der Waals surface area contributed by atoms with Gasteiger partial charge in [-0.1, -0.05) is 35.0 Å². The second-order valence-electron chi connectivity index (χ2n) is 5.98. The van der Waals surface area contributed by atoms with E-state index in [-0.39, 0.29) is 5.56 Å². The SMILES string of the molecule is Cc1ccc(-n2nc(-n3nnc4ccccc43)c(C)c(C#N)c2=O)cc1. The number of rotatable bonds is 2. The third-order valence-corrected chi connectivity index (χ3v) is 4.25. The van der Waals surface area contributed by atoms with Crippen LogP contribution in [0.1, 0.15) is 16.7 Å². The van der Waals surface area contributed by atoms with Crippen LogP contribution in [0.15, 0.2) is 53.3 Å². The lowest BCUT2D eigenvalue weighted by atomic mass is 10.1. The summed E-state index contributed by atoms with van der Waals surface area (Å²) in [5, 5.41) is 22.3. The Morgan fingerprint density at radius 3 is 2.46 bits per heavy atom. The molecule has 2 aromatic heterocycles. The standard InChI is InChI=1S/C19H14N6O/c1-12-7-9-14(10-8-12)24-19(26)15(11-20)13(2)18(22-24)25-17-6-4-3-5-16(17)21-23-25/h3-10H,1-2H3. The van der Waals surface area contributed by atoms with Crippen molar-refractivity contribution < 1.29 is 0 Å². The van der Waals surface area contributed by atoms with Crippen LogP contribution in [0.2, 0.25) is 0 Å². The first-order valence-corrected chi connectivity index (χ1v) is 8.02. The number of hydrogen-bond donors (Lipinski definition) is 0. The molecule has 0 bridgehead atoms. The molecular weight excluding hydrogens is 328 g/mol. The molecule has 0 aliphatic heterocycles. The van der Waals surface area contributed by atoms with Gasteiger partial charge < -0.3 is 0 Å². The van der Waals surface area contributed by atoms with E-state index in [1.807, 2.05) is 49.4 Å². The summed E-state index contributed by atoms with van der Waals surface area (Å²) in [6.45, 7) is 3.65. The fourth-order valence-electron chi connectivity index (χ4n) is 2.81. The molecule has 0 saturated heterocycles. The molecule has 0 atom stereocenters. The minimum absolute atomic E-state index is 0.0372. The molecule has 0 saturated carbocycles. The van der Waals surface area contributed by atoms with E-state index in [0.717, 1.165) is 11.1 Å². The number of benzene rings is 2. The van der Waals surface area contributed by atoms with Crippen molar-refractivity contribution in [2.24, 2.45) is 0 Å². The van der Waals surface area contributed by atoms with Crippen molar-refractivity contribution in [3.8, 4) is 17.6 Å². The van der Waals surface area contributed by atoms with Crippen LogP contribution in [0.4, 0.5) is 0 Å². The van der Waals surface area contributed by atoms with Gasteiger partial charge in [0.2, 0.25) is 0 Å². The van der Waals surface area contributed by atoms with Crippen LogP contribution in [-0.4, -0.2) is 24.8 Å². The summed E-state index contributed by atoms with van der Waals surface area (Å²) in [5.74, 6) is 0.399. The maximum absolute atomic E-state index is 12.7. The average molecular weight is 342 g/mol. The van der Waals surface area contributed by atoms with Crippen molar-refractivity contribution in [2.75, 3.05) is 0 Å². The molecule has 2 heterocycles. The number of hydrogen-bond acceptors (Lipinski definition) is 5. The lowest BCUT2D eigenvalue weighted by Crippen LogP contribution is -2.27. The minimum atomic E-state index is -0.456. The fraction of sp³-hybridized carbons (Fsp3) is 0.105. The molecule has 0 aliphatic rings. The van der Waals surface area contributed by atoms with Crippen LogP contribution in [-0.2, 0) is 0 Å². The Bertz CT molecular complexity index is 1230. The van der Waals surface area contributed by atoms with E-state index >= 15 is 0 Å². The van der Waals surface area contributed by atoms with E-state index < -0.39 is 5.56 Å². The first-order valence-electron chi connectivity index (χ1n) is 8.02. The predicted molar refractivity (Wildman–Crippen MR) is 96.4 cm³/mol. The average Bonchev–Trinajstić information content (AvgIpc) is 3.07. The Morgan fingerprint density at radius 2 is 1.73 bits per heavy atom. The van der Waals surface area contributed by atoms with Crippen molar-refractivity contribution in [1.29, 1.82) is 5.26 Å². The van der Waals surface area contributed by atoms with Crippen LogP contribution in [0, 0.1) is 25.2 Å². The zero-order valence-electron chi connectivity index (χ0n) is 14.2. The maximum atomic E-state index is 12.7. The number of aromatic nitrogens is 5. The second kappa shape index (κ2) is 5.93. The monoisotopic (exact) mass is 342 g/mol. The third kappa shape index (κ3) is 2.36. The molecule has 126 valence electrons. The highest BCUT2D eigenvalue weighted by molar-refractivity contribution is 5.75. The van der Waals surface area contributed by atoms with Crippen molar-refractivity contribution in [3.05, 3.63) is 75.6 Å². The number of fused-ring (bicyclic) bond motifs is 1. The van der Waals surface area contributed by atoms with Crippen molar-refractivity contribution >= 4 is 11.0 Å². The van der Waals surface area contributed by atoms with Crippen LogP contribution in [0.25, 0.3) is 22.5 Å². The molecule has 0 unspecified atom stereocenters. The number of aryl methyl sites for hydroxylation is 1. The largest absolute Gasteiger partial charge is 0.289 e. The highest BCUT2D eigenvalue weighted by Gasteiger charge is 2.18. The summed E-state index contributed by atoms with van der Waals surface area (Å²) >= 11 is 0. The Labute approximate surface area is 148 Å². The van der Waals surface area contributed by atoms with Gasteiger partial charge in [-0.3, -0.25) is 4.79 Å². The topological polar surface area (TPSA) is 89.4 Å². The Morgan fingerprint density at radius 1 is 1.00 bits per heavy atom. The van der Waals surface area contributed by atoms with E-state index in [1.54, 1.807) is 23.7 Å². The van der Waals surface area contributed by atoms with Crippen LogP contribution < -0.4 is 5.56 Å². The normalized spacial score (nSPS) is 10.8. The van der Waals surface area contributed by atoms with Gasteiger partial charge in [-0.2, -0.15) is 14.6 Å². The Balaban J connectivity index is 2.04. The Hall–Kier alpha value is -3.79. The first kappa shape index (κ1) is 15.7. The van der Waals surface area contributed by atoms with Crippen molar-refractivity contribution in [1.82, 2.24) is 24.8 Å². The van der Waals surface area contributed by atoms with Crippen molar-refractivity contribution in [3.63, 3.8) is 0 Å². The highest BCUT2D eigenvalue weighted by atomic mass is 16.1. The molecule has 2 aromatic carbocycles. The van der Waals surface area contributed by atoms with E-state index in [2.05, 4.69) is 15.4 Å². The smallest absolute Gasteiger partial charge is 0.266 e. The molecule has 0 radical (unpaired) electrons. The summed E-state index contributed by atoms with van der Waals surface area (Å²) in [6, 6.07) is 16.8. The van der Waals surface area contributed by atoms with Gasteiger partial charge in [0.05, 0.1) is 11.2 Å². The summed E-state index contributed by atoms with van der Waals surface area (Å²) < 4.78 is 2.78. The van der Waals surface area contributed by atoms with E-state index in [4.69, 9.17) is 0 Å². The van der Waals surface area contributed by atoms with E-state index in [1.165, 1.54) is 4.68 Å². The first-order chi connectivity index (χ1) is 12.6. The lowest BCUT2D eigenvalue weighted by molar-refractivity contribution is 0.717. The van der Waals surface area contributed by atoms with Crippen LogP contribution in [0.3, 0.4) is 0 Å². The van der Waals surface area contributed by atoms with Gasteiger partial charge >= 0.3 is 0 Å². The lowest BCUT2D eigenvalue weighted by Gasteiger charge is -2.11. The molecule has 0 amide bonds. The maximum Gasteiger partial charge on any atom is 0.289 e. The van der Waals surface area contributed by atoms with Gasteiger partial charge in [0, 0.05) is 5.56 Å². The number of nitrogens with zero attached hydrogens (tertiary/aromatic N) is 6. The molecule has 0 aliphatic carbocycles. The van der Waals surface area contributed by atoms with Gasteiger partial charge in [0.1, 0.15) is 17.1 Å². The summed E-state index contributed by atoms with van der Waals surface area (Å²) in [7, 11) is 0. The second-order valence-corrected chi connectivity index (χ2v) is 5.98. The van der Waals surface area contributed by atoms with Gasteiger partial charge in [0.25, 0.3) is 5.56 Å². The third-order valence-electron chi connectivity index (χ3n) is 4.25. The molecule has 4 aromatic rings. The fourth-order valence-corrected chi connectivity index (χ4v) is 2.81. The summed E-state index contributed by atoms with van der Waals surface area (Å²) in [5.41, 5.74) is 3.16. The zero-order chi connectivity index (χ0) is 18.3. The molecule has 0 fully saturated rings. The molecule has 4 rings (SSSR count). The van der Waals surface area contributed by atoms with Gasteiger partial charge in [0.15, 0.2) is 5.82 Å². The predicted octanol–water partition coefficient (Wildman–Crippen LogP) is 2.45. The van der Waals surface area contributed by atoms with E-state index in [0.29, 0.717) is 22.6 Å². The molecule has 0 spiro atoms. The summed E-state index contributed by atoms with van der Waals surface area (Å²) in [4.78, 5) is 12.7. The number of nitriles is 1. The molecule has 0 N–H and O–H groups in total. The minimum Gasteiger partial charge on any atom is -0.266 e. The zero-order valence-corrected chi connectivity index (χ0v) is 14.2. The molecular formula is C19H14N6O. The van der Waals surface area contributed by atoms with Crippen LogP contribution >= 0.6 is 0 Å². The van der Waals surface area contributed by atoms with Gasteiger partial charge in [-0.25, -0.2) is 0 Å². The van der Waals surface area contributed by atoms with Crippen molar-refractivity contribution in [2.45, 2.75) is 13.8 Å². The summed E-state index contributed by atoms with van der Waals surface area (Å²) in [6.07, 6.45) is 0. The van der Waals surface area contributed by atoms with E-state index in [9.17, 15) is 10.1 Å². The molecule has 26 heavy (non-hydrogen) atoms.